The van der Waals surface area contributed by atoms with Gasteiger partial charge in [0, 0.05) is 7.05 Å². The molecule has 0 amide bonds. The molecule has 0 aliphatic carbocycles. The average molecular weight is 170 g/mol. The summed E-state index contributed by atoms with van der Waals surface area (Å²) < 4.78 is 0. The van der Waals surface area contributed by atoms with E-state index in [-0.39, 0.29) is 0 Å². The van der Waals surface area contributed by atoms with Gasteiger partial charge in [-0.05, 0) is 12.1 Å². The molecular weight excluding hydrogens is 162 g/mol. The summed E-state index contributed by atoms with van der Waals surface area (Å²) in [6.07, 6.45) is 0. The zero-order chi connectivity index (χ0) is 7.84. The molecule has 1 aromatic rings. The molecular formula is C7H8ClN3. The third-order valence-electron chi connectivity index (χ3n) is 1.73. The molecule has 0 saturated heterocycles. The highest BCUT2D eigenvalue weighted by Crippen LogP contribution is 2.28. The molecule has 4 heteroatoms. The van der Waals surface area contributed by atoms with Crippen LogP contribution in [0.15, 0.2) is 12.1 Å². The highest BCUT2D eigenvalue weighted by molar-refractivity contribution is 6.29. The summed E-state index contributed by atoms with van der Waals surface area (Å²) in [5.41, 5.74) is 1.11. The lowest BCUT2D eigenvalue weighted by Gasteiger charge is -2.07. The van der Waals surface area contributed by atoms with Crippen molar-refractivity contribution in [2.75, 3.05) is 23.9 Å². The van der Waals surface area contributed by atoms with Crippen molar-refractivity contribution in [3.05, 3.63) is 17.3 Å². The molecule has 0 fully saturated rings. The summed E-state index contributed by atoms with van der Waals surface area (Å²) in [5.74, 6) is 0.875. The van der Waals surface area contributed by atoms with E-state index in [9.17, 15) is 0 Å². The maximum Gasteiger partial charge on any atom is 0.152 e. The lowest BCUT2D eigenvalue weighted by Crippen LogP contribution is -2.15. The monoisotopic (exact) mass is 169 g/mol. The van der Waals surface area contributed by atoms with Gasteiger partial charge in [0.25, 0.3) is 0 Å². The summed E-state index contributed by atoms with van der Waals surface area (Å²) in [6, 6.07) is 3.76. The molecule has 0 unspecified atom stereocenters. The third kappa shape index (κ3) is 1.01. The Morgan fingerprint density at radius 2 is 2.45 bits per heavy atom. The van der Waals surface area contributed by atoms with Crippen LogP contribution in [0.25, 0.3) is 0 Å². The minimum Gasteiger partial charge on any atom is -0.354 e. The van der Waals surface area contributed by atoms with E-state index in [0.29, 0.717) is 5.15 Å². The molecule has 1 N–H and O–H groups in total. The van der Waals surface area contributed by atoms with Crippen molar-refractivity contribution < 1.29 is 0 Å². The van der Waals surface area contributed by atoms with Gasteiger partial charge >= 0.3 is 0 Å². The molecule has 0 saturated carbocycles. The van der Waals surface area contributed by atoms with Crippen LogP contribution in [0.1, 0.15) is 0 Å². The van der Waals surface area contributed by atoms with E-state index in [2.05, 4.69) is 15.2 Å². The van der Waals surface area contributed by atoms with Crippen molar-refractivity contribution in [2.45, 2.75) is 0 Å². The van der Waals surface area contributed by atoms with Crippen LogP contribution in [-0.2, 0) is 0 Å². The number of halogens is 1. The molecule has 0 radical (unpaired) electrons. The van der Waals surface area contributed by atoms with Crippen LogP contribution in [0.4, 0.5) is 11.5 Å². The lowest BCUT2D eigenvalue weighted by atomic mass is 10.4. The highest BCUT2D eigenvalue weighted by Gasteiger charge is 2.15. The maximum atomic E-state index is 5.70. The van der Waals surface area contributed by atoms with Crippen molar-refractivity contribution in [3.63, 3.8) is 0 Å². The maximum absolute atomic E-state index is 5.70. The van der Waals surface area contributed by atoms with Crippen molar-refractivity contribution in [1.82, 2.24) is 4.98 Å². The van der Waals surface area contributed by atoms with E-state index in [4.69, 9.17) is 11.6 Å². The largest absolute Gasteiger partial charge is 0.354 e. The summed E-state index contributed by atoms with van der Waals surface area (Å²) in [7, 11) is 2.01. The van der Waals surface area contributed by atoms with Crippen LogP contribution in [0.3, 0.4) is 0 Å². The van der Waals surface area contributed by atoms with Crippen LogP contribution in [0.5, 0.6) is 0 Å². The van der Waals surface area contributed by atoms with Gasteiger partial charge in [-0.1, -0.05) is 11.6 Å². The predicted octanol–water partition coefficient (Wildman–Crippen LogP) is 1.55. The molecule has 0 spiro atoms. The summed E-state index contributed by atoms with van der Waals surface area (Å²) in [4.78, 5) is 6.20. The standard InChI is InChI=1S/C7H8ClN3/c1-11-4-9-7-5(11)2-3-6(8)10-7/h2-3H,4H2,1H3,(H,9,10). The fourth-order valence-electron chi connectivity index (χ4n) is 1.14. The summed E-state index contributed by atoms with van der Waals surface area (Å²) in [5, 5.41) is 3.65. The van der Waals surface area contributed by atoms with Crippen LogP contribution in [-0.4, -0.2) is 18.7 Å². The smallest absolute Gasteiger partial charge is 0.152 e. The molecule has 1 aliphatic rings. The fourth-order valence-corrected chi connectivity index (χ4v) is 1.29. The Balaban J connectivity index is 2.50. The second-order valence-electron chi connectivity index (χ2n) is 2.53. The molecule has 1 aliphatic heterocycles. The fraction of sp³-hybridized carbons (Fsp3) is 0.286. The lowest BCUT2D eigenvalue weighted by molar-refractivity contribution is 1.03. The number of hydrogen-bond donors (Lipinski definition) is 1. The molecule has 11 heavy (non-hydrogen) atoms. The summed E-state index contributed by atoms with van der Waals surface area (Å²) in [6.45, 7) is 0.808. The molecule has 0 atom stereocenters. The average Bonchev–Trinajstić information content (AvgIpc) is 2.32. The van der Waals surface area contributed by atoms with Gasteiger partial charge in [-0.25, -0.2) is 4.98 Å². The second kappa shape index (κ2) is 2.27. The second-order valence-corrected chi connectivity index (χ2v) is 2.92. The minimum atomic E-state index is 0.534. The summed E-state index contributed by atoms with van der Waals surface area (Å²) >= 11 is 5.70. The Hall–Kier alpha value is -0.960. The quantitative estimate of drug-likeness (QED) is 0.598. The molecule has 3 nitrogen and oxygen atoms in total. The zero-order valence-electron chi connectivity index (χ0n) is 6.13. The van der Waals surface area contributed by atoms with E-state index in [1.807, 2.05) is 13.1 Å². The number of anilines is 2. The first kappa shape index (κ1) is 6.73. The molecule has 0 bridgehead atoms. The molecule has 58 valence electrons. The first-order valence-corrected chi connectivity index (χ1v) is 3.77. The topological polar surface area (TPSA) is 28.2 Å². The van der Waals surface area contributed by atoms with Gasteiger partial charge in [0.1, 0.15) is 5.15 Å². The van der Waals surface area contributed by atoms with E-state index >= 15 is 0 Å². The first-order valence-electron chi connectivity index (χ1n) is 3.39. The number of nitrogens with one attached hydrogen (secondary N) is 1. The first-order chi connectivity index (χ1) is 5.27. The molecule has 2 heterocycles. The van der Waals surface area contributed by atoms with Gasteiger partial charge in [0.2, 0.25) is 0 Å². The van der Waals surface area contributed by atoms with E-state index in [1.165, 1.54) is 0 Å². The van der Waals surface area contributed by atoms with Crippen molar-refractivity contribution in [2.24, 2.45) is 0 Å². The number of pyridine rings is 1. The van der Waals surface area contributed by atoms with E-state index in [1.54, 1.807) is 6.07 Å². The van der Waals surface area contributed by atoms with Crippen molar-refractivity contribution in [3.8, 4) is 0 Å². The van der Waals surface area contributed by atoms with E-state index in [0.717, 1.165) is 18.2 Å². The van der Waals surface area contributed by atoms with Crippen molar-refractivity contribution in [1.29, 1.82) is 0 Å². The Kier molecular flexibility index (Phi) is 1.39. The van der Waals surface area contributed by atoms with Crippen LogP contribution >= 0.6 is 11.6 Å². The van der Waals surface area contributed by atoms with Gasteiger partial charge in [-0.15, -0.1) is 0 Å². The van der Waals surface area contributed by atoms with Crippen molar-refractivity contribution >= 4 is 23.1 Å². The van der Waals surface area contributed by atoms with E-state index < -0.39 is 0 Å². The molecule has 2 rings (SSSR count). The Labute approximate surface area is 70.0 Å². The molecule has 1 aromatic heterocycles. The predicted molar refractivity (Wildman–Crippen MR) is 46.1 cm³/mol. The highest BCUT2D eigenvalue weighted by atomic mass is 35.5. The number of hydrogen-bond acceptors (Lipinski definition) is 3. The Morgan fingerprint density at radius 1 is 1.64 bits per heavy atom. The van der Waals surface area contributed by atoms with Gasteiger partial charge in [-0.2, -0.15) is 0 Å². The minimum absolute atomic E-state index is 0.534. The van der Waals surface area contributed by atoms with Gasteiger partial charge < -0.3 is 10.2 Å². The Bertz CT molecular complexity index is 287. The van der Waals surface area contributed by atoms with Gasteiger partial charge in [0.15, 0.2) is 5.82 Å². The number of aromatic nitrogens is 1. The number of fused-ring (bicyclic) bond motifs is 1. The number of rotatable bonds is 0. The number of nitrogens with zero attached hydrogens (tertiary/aromatic N) is 2. The normalized spacial score (nSPS) is 14.5. The van der Waals surface area contributed by atoms with Gasteiger partial charge in [-0.3, -0.25) is 0 Å². The van der Waals surface area contributed by atoms with Crippen LogP contribution < -0.4 is 10.2 Å². The van der Waals surface area contributed by atoms with Crippen LogP contribution in [0, 0.1) is 0 Å². The SMILES string of the molecule is CN1CNc2nc(Cl)ccc21. The Morgan fingerprint density at radius 3 is 3.27 bits per heavy atom. The van der Waals surface area contributed by atoms with Crippen LogP contribution in [0.2, 0.25) is 5.15 Å². The third-order valence-corrected chi connectivity index (χ3v) is 1.95. The van der Waals surface area contributed by atoms with Gasteiger partial charge in [0.05, 0.1) is 12.4 Å². The zero-order valence-corrected chi connectivity index (χ0v) is 6.89. The molecule has 0 aromatic carbocycles.